The van der Waals surface area contributed by atoms with Crippen molar-refractivity contribution in [3.63, 3.8) is 0 Å². The largest absolute Gasteiger partial charge is 0.477 e. The first-order valence-corrected chi connectivity index (χ1v) is 6.86. The number of aromatic carboxylic acids is 1. The number of thiophene rings is 1. The van der Waals surface area contributed by atoms with E-state index in [-0.39, 0.29) is 4.88 Å². The number of rotatable bonds is 3. The van der Waals surface area contributed by atoms with Gasteiger partial charge in [0.2, 0.25) is 0 Å². The van der Waals surface area contributed by atoms with Crippen LogP contribution in [-0.4, -0.2) is 11.1 Å². The van der Waals surface area contributed by atoms with Crippen molar-refractivity contribution in [3.05, 3.63) is 44.7 Å². The molecule has 2 aromatic rings. The van der Waals surface area contributed by atoms with Crippen LogP contribution in [0.4, 0.5) is 0 Å². The minimum absolute atomic E-state index is 0.274. The van der Waals surface area contributed by atoms with Crippen molar-refractivity contribution in [3.8, 4) is 10.8 Å². The van der Waals surface area contributed by atoms with E-state index in [0.29, 0.717) is 10.8 Å². The lowest BCUT2D eigenvalue weighted by Crippen LogP contribution is -1.89. The number of ether oxygens (including phenoxy) is 1. The number of halogens is 1. The fourth-order valence-electron chi connectivity index (χ4n) is 1.57. The lowest BCUT2D eigenvalue weighted by atomic mass is 10.1. The van der Waals surface area contributed by atoms with Gasteiger partial charge >= 0.3 is 5.97 Å². The zero-order chi connectivity index (χ0) is 13.3. The molecular formula is C13H11BrO3S. The average Bonchev–Trinajstić information content (AvgIpc) is 2.74. The van der Waals surface area contributed by atoms with Crippen LogP contribution in [0.25, 0.3) is 0 Å². The molecule has 18 heavy (non-hydrogen) atoms. The molecule has 5 heteroatoms. The summed E-state index contributed by atoms with van der Waals surface area (Å²) in [5.74, 6) is -0.218. The normalized spacial score (nSPS) is 10.4. The van der Waals surface area contributed by atoms with E-state index in [2.05, 4.69) is 15.9 Å². The first-order chi connectivity index (χ1) is 8.47. The van der Waals surface area contributed by atoms with Gasteiger partial charge in [-0.1, -0.05) is 27.3 Å². The van der Waals surface area contributed by atoms with Crippen LogP contribution in [0.15, 0.2) is 28.7 Å². The number of carboxylic acid groups (broad SMARTS) is 1. The van der Waals surface area contributed by atoms with Gasteiger partial charge in [-0.05, 0) is 49.2 Å². The zero-order valence-electron chi connectivity index (χ0n) is 9.86. The van der Waals surface area contributed by atoms with E-state index in [9.17, 15) is 4.79 Å². The van der Waals surface area contributed by atoms with E-state index < -0.39 is 5.97 Å². The van der Waals surface area contributed by atoms with Gasteiger partial charge in [-0.25, -0.2) is 4.79 Å². The maximum Gasteiger partial charge on any atom is 0.345 e. The monoisotopic (exact) mass is 326 g/mol. The van der Waals surface area contributed by atoms with Crippen molar-refractivity contribution in [2.75, 3.05) is 0 Å². The van der Waals surface area contributed by atoms with Gasteiger partial charge in [0.1, 0.15) is 10.6 Å². The van der Waals surface area contributed by atoms with Crippen LogP contribution in [0.3, 0.4) is 0 Å². The van der Waals surface area contributed by atoms with Gasteiger partial charge in [-0.2, -0.15) is 0 Å². The minimum atomic E-state index is -0.932. The van der Waals surface area contributed by atoms with Crippen molar-refractivity contribution in [1.29, 1.82) is 0 Å². The van der Waals surface area contributed by atoms with Gasteiger partial charge in [0, 0.05) is 4.47 Å². The Morgan fingerprint density at radius 2 is 1.89 bits per heavy atom. The van der Waals surface area contributed by atoms with Crippen molar-refractivity contribution in [2.45, 2.75) is 13.8 Å². The van der Waals surface area contributed by atoms with Crippen LogP contribution < -0.4 is 4.74 Å². The Bertz CT molecular complexity index is 581. The summed E-state index contributed by atoms with van der Waals surface area (Å²) in [4.78, 5) is 11.0. The summed E-state index contributed by atoms with van der Waals surface area (Å²) < 4.78 is 6.72. The lowest BCUT2D eigenvalue weighted by molar-refractivity contribution is 0.0702. The summed E-state index contributed by atoms with van der Waals surface area (Å²) in [7, 11) is 0. The smallest absolute Gasteiger partial charge is 0.345 e. The van der Waals surface area contributed by atoms with Gasteiger partial charge in [-0.3, -0.25) is 0 Å². The first kappa shape index (κ1) is 13.1. The predicted octanol–water partition coefficient (Wildman–Crippen LogP) is 4.62. The average molecular weight is 327 g/mol. The molecule has 1 N–H and O–H groups in total. The molecule has 0 fully saturated rings. The molecule has 94 valence electrons. The highest BCUT2D eigenvalue weighted by Crippen LogP contribution is 2.32. The standard InChI is InChI=1S/C13H11BrO3S/c1-7-5-9(6-8(2)12(7)14)17-11-4-3-10(18-11)13(15)16/h3-6H,1-2H3,(H,15,16). The third-order valence-corrected chi connectivity index (χ3v) is 4.62. The Morgan fingerprint density at radius 3 is 2.39 bits per heavy atom. The second-order valence-electron chi connectivity index (χ2n) is 3.90. The maximum absolute atomic E-state index is 10.8. The zero-order valence-corrected chi connectivity index (χ0v) is 12.3. The summed E-state index contributed by atoms with van der Waals surface area (Å²) in [6, 6.07) is 7.04. The number of carbonyl (C=O) groups is 1. The molecule has 0 aliphatic rings. The molecule has 0 aliphatic heterocycles. The molecule has 1 aromatic carbocycles. The van der Waals surface area contributed by atoms with Crippen molar-refractivity contribution >= 4 is 33.2 Å². The number of hydrogen-bond acceptors (Lipinski definition) is 3. The molecule has 0 aliphatic carbocycles. The fraction of sp³-hybridized carbons (Fsp3) is 0.154. The lowest BCUT2D eigenvalue weighted by Gasteiger charge is -2.08. The Labute approximate surface area is 117 Å². The first-order valence-electron chi connectivity index (χ1n) is 5.25. The molecular weight excluding hydrogens is 316 g/mol. The van der Waals surface area contributed by atoms with E-state index >= 15 is 0 Å². The molecule has 2 rings (SSSR count). The van der Waals surface area contributed by atoms with Gasteiger partial charge in [0.05, 0.1) is 0 Å². The molecule has 0 bridgehead atoms. The predicted molar refractivity (Wildman–Crippen MR) is 75.0 cm³/mol. The van der Waals surface area contributed by atoms with E-state index in [1.54, 1.807) is 12.1 Å². The third kappa shape index (κ3) is 2.73. The van der Waals surface area contributed by atoms with Gasteiger partial charge in [0.25, 0.3) is 0 Å². The van der Waals surface area contributed by atoms with Crippen LogP contribution in [-0.2, 0) is 0 Å². The number of hydrogen-bond donors (Lipinski definition) is 1. The summed E-state index contributed by atoms with van der Waals surface area (Å²) in [5.41, 5.74) is 2.17. The van der Waals surface area contributed by atoms with E-state index in [1.165, 1.54) is 0 Å². The molecule has 3 nitrogen and oxygen atoms in total. The minimum Gasteiger partial charge on any atom is -0.477 e. The summed E-state index contributed by atoms with van der Waals surface area (Å²) in [6.45, 7) is 3.97. The fourth-order valence-corrected chi connectivity index (χ4v) is 2.51. The molecule has 1 heterocycles. The number of aryl methyl sites for hydroxylation is 2. The van der Waals surface area contributed by atoms with E-state index in [1.807, 2.05) is 26.0 Å². The van der Waals surface area contributed by atoms with Crippen LogP contribution >= 0.6 is 27.3 Å². The molecule has 1 aromatic heterocycles. The van der Waals surface area contributed by atoms with E-state index in [0.717, 1.165) is 26.9 Å². The quantitative estimate of drug-likeness (QED) is 0.895. The highest BCUT2D eigenvalue weighted by Gasteiger charge is 2.09. The van der Waals surface area contributed by atoms with Crippen LogP contribution in [0.5, 0.6) is 10.8 Å². The van der Waals surface area contributed by atoms with E-state index in [4.69, 9.17) is 9.84 Å². The Morgan fingerprint density at radius 1 is 1.28 bits per heavy atom. The molecule has 0 unspecified atom stereocenters. The molecule has 0 atom stereocenters. The second kappa shape index (κ2) is 5.12. The highest BCUT2D eigenvalue weighted by molar-refractivity contribution is 9.10. The van der Waals surface area contributed by atoms with Crippen LogP contribution in [0.2, 0.25) is 0 Å². The Balaban J connectivity index is 2.25. The SMILES string of the molecule is Cc1cc(Oc2ccc(C(=O)O)s2)cc(C)c1Br. The summed E-state index contributed by atoms with van der Waals surface area (Å²) in [6.07, 6.45) is 0. The van der Waals surface area contributed by atoms with Gasteiger partial charge < -0.3 is 9.84 Å². The van der Waals surface area contributed by atoms with Gasteiger partial charge in [-0.15, -0.1) is 0 Å². The molecule has 0 saturated carbocycles. The number of benzene rings is 1. The Kier molecular flexibility index (Phi) is 3.73. The molecule has 0 saturated heterocycles. The molecule has 0 radical (unpaired) electrons. The Hall–Kier alpha value is -1.33. The van der Waals surface area contributed by atoms with Crippen molar-refractivity contribution in [2.24, 2.45) is 0 Å². The second-order valence-corrected chi connectivity index (χ2v) is 5.74. The molecule has 0 amide bonds. The summed E-state index contributed by atoms with van der Waals surface area (Å²) in [5, 5.41) is 9.41. The molecule has 0 spiro atoms. The van der Waals surface area contributed by atoms with Crippen LogP contribution in [0.1, 0.15) is 20.8 Å². The maximum atomic E-state index is 10.8. The summed E-state index contributed by atoms with van der Waals surface area (Å²) >= 11 is 4.61. The topological polar surface area (TPSA) is 46.5 Å². The number of carboxylic acids is 1. The van der Waals surface area contributed by atoms with Crippen molar-refractivity contribution < 1.29 is 14.6 Å². The van der Waals surface area contributed by atoms with Crippen molar-refractivity contribution in [1.82, 2.24) is 0 Å². The van der Waals surface area contributed by atoms with Crippen LogP contribution in [0, 0.1) is 13.8 Å². The highest BCUT2D eigenvalue weighted by atomic mass is 79.9. The third-order valence-electron chi connectivity index (χ3n) is 2.42. The van der Waals surface area contributed by atoms with Gasteiger partial charge in [0.15, 0.2) is 5.06 Å².